The molecule has 3 aromatic rings. The monoisotopic (exact) mass is 470 g/mol. The maximum Gasteiger partial charge on any atom is 0.191 e. The van der Waals surface area contributed by atoms with E-state index in [1.54, 1.807) is 18.4 Å². The van der Waals surface area contributed by atoms with E-state index >= 15 is 0 Å². The fourth-order valence-electron chi connectivity index (χ4n) is 2.55. The summed E-state index contributed by atoms with van der Waals surface area (Å²) >= 11 is 1.72. The van der Waals surface area contributed by atoms with Crippen molar-refractivity contribution in [3.63, 3.8) is 0 Å². The molecule has 0 atom stereocenters. The standard InChI is InChI=1S/C17H22N6S.HI/c1-11-15(24-12(2)21-11)10-20-17(18-3)19-9-8-16-22-13-6-4-5-7-14(13)23-16;/h4-7H,8-10H2,1-3H3,(H,22,23)(H2,18,19,20);1H. The van der Waals surface area contributed by atoms with Crippen molar-refractivity contribution in [2.45, 2.75) is 26.8 Å². The van der Waals surface area contributed by atoms with Crippen molar-refractivity contribution in [3.8, 4) is 0 Å². The van der Waals surface area contributed by atoms with Crippen molar-refractivity contribution in [2.24, 2.45) is 4.99 Å². The van der Waals surface area contributed by atoms with E-state index in [0.717, 1.165) is 53.0 Å². The first kappa shape index (κ1) is 19.6. The summed E-state index contributed by atoms with van der Waals surface area (Å²) in [4.78, 5) is 17.9. The van der Waals surface area contributed by atoms with Gasteiger partial charge in [-0.25, -0.2) is 9.97 Å². The molecule has 3 rings (SSSR count). The Kier molecular flexibility index (Phi) is 7.18. The molecule has 1 aromatic carbocycles. The third-order valence-electron chi connectivity index (χ3n) is 3.73. The molecular weight excluding hydrogens is 447 g/mol. The number of thiazole rings is 1. The smallest absolute Gasteiger partial charge is 0.191 e. The summed E-state index contributed by atoms with van der Waals surface area (Å²) in [5.41, 5.74) is 3.17. The van der Waals surface area contributed by atoms with Crippen LogP contribution < -0.4 is 10.6 Å². The quantitative estimate of drug-likeness (QED) is 0.304. The molecule has 0 spiro atoms. The SMILES string of the molecule is CN=C(NCCc1nc2ccccc2[nH]1)NCc1sc(C)nc1C.I. The molecule has 0 bridgehead atoms. The first-order chi connectivity index (χ1) is 11.7. The summed E-state index contributed by atoms with van der Waals surface area (Å²) < 4.78 is 0. The van der Waals surface area contributed by atoms with E-state index in [2.05, 4.69) is 30.6 Å². The van der Waals surface area contributed by atoms with Crippen molar-refractivity contribution in [3.05, 3.63) is 45.7 Å². The van der Waals surface area contributed by atoms with Gasteiger partial charge in [-0.05, 0) is 26.0 Å². The first-order valence-corrected chi connectivity index (χ1v) is 8.78. The van der Waals surface area contributed by atoms with Gasteiger partial charge in [-0.15, -0.1) is 35.3 Å². The Morgan fingerprint density at radius 3 is 2.68 bits per heavy atom. The van der Waals surface area contributed by atoms with Crippen molar-refractivity contribution in [1.82, 2.24) is 25.6 Å². The summed E-state index contributed by atoms with van der Waals surface area (Å²) in [7, 11) is 1.78. The van der Waals surface area contributed by atoms with Crippen LogP contribution in [0.4, 0.5) is 0 Å². The highest BCUT2D eigenvalue weighted by Gasteiger charge is 2.06. The van der Waals surface area contributed by atoms with Gasteiger partial charge in [0.1, 0.15) is 5.82 Å². The van der Waals surface area contributed by atoms with Crippen LogP contribution in [0.3, 0.4) is 0 Å². The molecule has 0 saturated heterocycles. The average Bonchev–Trinajstić information content (AvgIpc) is 3.12. The van der Waals surface area contributed by atoms with Gasteiger partial charge < -0.3 is 15.6 Å². The van der Waals surface area contributed by atoms with Gasteiger partial charge in [0.05, 0.1) is 28.3 Å². The van der Waals surface area contributed by atoms with Gasteiger partial charge in [-0.1, -0.05) is 12.1 Å². The third kappa shape index (κ3) is 5.15. The number of fused-ring (bicyclic) bond motifs is 1. The van der Waals surface area contributed by atoms with E-state index in [-0.39, 0.29) is 24.0 Å². The van der Waals surface area contributed by atoms with Gasteiger partial charge in [0.15, 0.2) is 5.96 Å². The molecule has 134 valence electrons. The van der Waals surface area contributed by atoms with Crippen LogP contribution in [0.2, 0.25) is 0 Å². The van der Waals surface area contributed by atoms with Crippen molar-refractivity contribution in [1.29, 1.82) is 0 Å². The summed E-state index contributed by atoms with van der Waals surface area (Å²) in [5, 5.41) is 7.75. The van der Waals surface area contributed by atoms with Gasteiger partial charge in [0.2, 0.25) is 0 Å². The van der Waals surface area contributed by atoms with E-state index in [1.165, 1.54) is 4.88 Å². The Balaban J connectivity index is 0.00000225. The average molecular weight is 470 g/mol. The molecule has 2 aromatic heterocycles. The number of nitrogens with zero attached hydrogens (tertiary/aromatic N) is 3. The molecule has 0 fully saturated rings. The molecule has 0 aliphatic heterocycles. The number of aromatic amines is 1. The fourth-order valence-corrected chi connectivity index (χ4v) is 3.42. The van der Waals surface area contributed by atoms with Crippen LogP contribution in [0.25, 0.3) is 11.0 Å². The highest BCUT2D eigenvalue weighted by molar-refractivity contribution is 14.0. The zero-order chi connectivity index (χ0) is 16.9. The molecule has 8 heteroatoms. The van der Waals surface area contributed by atoms with E-state index in [9.17, 15) is 0 Å². The predicted molar refractivity (Wildman–Crippen MR) is 115 cm³/mol. The minimum absolute atomic E-state index is 0. The highest BCUT2D eigenvalue weighted by atomic mass is 127. The zero-order valence-corrected chi connectivity index (χ0v) is 17.7. The third-order valence-corrected chi connectivity index (χ3v) is 4.81. The first-order valence-electron chi connectivity index (χ1n) is 7.97. The number of guanidine groups is 1. The molecule has 0 saturated carbocycles. The summed E-state index contributed by atoms with van der Waals surface area (Å²) in [6.45, 7) is 5.57. The number of imidazole rings is 1. The molecule has 3 N–H and O–H groups in total. The molecule has 0 radical (unpaired) electrons. The van der Waals surface area contributed by atoms with Crippen LogP contribution >= 0.6 is 35.3 Å². The van der Waals surface area contributed by atoms with Gasteiger partial charge >= 0.3 is 0 Å². The van der Waals surface area contributed by atoms with Crippen LogP contribution in [-0.4, -0.2) is 34.5 Å². The summed E-state index contributed by atoms with van der Waals surface area (Å²) in [6, 6.07) is 8.07. The van der Waals surface area contributed by atoms with Crippen molar-refractivity contribution in [2.75, 3.05) is 13.6 Å². The minimum Gasteiger partial charge on any atom is -0.356 e. The fraction of sp³-hybridized carbons (Fsp3) is 0.353. The molecular formula is C17H23IN6S. The van der Waals surface area contributed by atoms with Crippen molar-refractivity contribution >= 4 is 52.3 Å². The number of rotatable bonds is 5. The predicted octanol–water partition coefficient (Wildman–Crippen LogP) is 3.16. The number of halogens is 1. The number of hydrogen-bond donors (Lipinski definition) is 3. The van der Waals surface area contributed by atoms with Crippen LogP contribution in [-0.2, 0) is 13.0 Å². The number of benzene rings is 1. The molecule has 0 unspecified atom stereocenters. The Labute approximate surface area is 168 Å². The highest BCUT2D eigenvalue weighted by Crippen LogP contribution is 2.16. The van der Waals surface area contributed by atoms with Gasteiger partial charge in [0.25, 0.3) is 0 Å². The minimum atomic E-state index is 0. The van der Waals surface area contributed by atoms with Crippen LogP contribution in [0.1, 0.15) is 21.4 Å². The lowest BCUT2D eigenvalue weighted by molar-refractivity contribution is 0.778. The van der Waals surface area contributed by atoms with Gasteiger partial charge in [0, 0.05) is 24.9 Å². The van der Waals surface area contributed by atoms with Crippen LogP contribution in [0, 0.1) is 13.8 Å². The number of hydrogen-bond acceptors (Lipinski definition) is 4. The number of H-pyrrole nitrogens is 1. The normalized spacial score (nSPS) is 11.4. The molecule has 25 heavy (non-hydrogen) atoms. The Morgan fingerprint density at radius 1 is 1.20 bits per heavy atom. The lowest BCUT2D eigenvalue weighted by atomic mass is 10.3. The van der Waals surface area contributed by atoms with E-state index < -0.39 is 0 Å². The van der Waals surface area contributed by atoms with Crippen LogP contribution in [0.5, 0.6) is 0 Å². The lowest BCUT2D eigenvalue weighted by Gasteiger charge is -2.10. The number of para-hydroxylation sites is 2. The molecule has 6 nitrogen and oxygen atoms in total. The summed E-state index contributed by atoms with van der Waals surface area (Å²) in [5.74, 6) is 1.77. The molecule has 0 amide bonds. The number of aryl methyl sites for hydroxylation is 2. The maximum absolute atomic E-state index is 4.58. The largest absolute Gasteiger partial charge is 0.356 e. The second-order valence-corrected chi connectivity index (χ2v) is 6.83. The Morgan fingerprint density at radius 2 is 2.00 bits per heavy atom. The van der Waals surface area contributed by atoms with Gasteiger partial charge in [-0.3, -0.25) is 4.99 Å². The van der Waals surface area contributed by atoms with Gasteiger partial charge in [-0.2, -0.15) is 0 Å². The second-order valence-electron chi connectivity index (χ2n) is 5.54. The maximum atomic E-state index is 4.58. The second kappa shape index (κ2) is 9.14. The van der Waals surface area contributed by atoms with E-state index in [1.807, 2.05) is 38.1 Å². The molecule has 0 aliphatic carbocycles. The van der Waals surface area contributed by atoms with E-state index in [4.69, 9.17) is 0 Å². The Hall–Kier alpha value is -1.68. The lowest BCUT2D eigenvalue weighted by Crippen LogP contribution is -2.37. The zero-order valence-electron chi connectivity index (χ0n) is 14.6. The molecule has 0 aliphatic rings. The Bertz CT molecular complexity index is 821. The van der Waals surface area contributed by atoms with Crippen LogP contribution in [0.15, 0.2) is 29.3 Å². The van der Waals surface area contributed by atoms with Crippen molar-refractivity contribution < 1.29 is 0 Å². The van der Waals surface area contributed by atoms with E-state index in [0.29, 0.717) is 0 Å². The topological polar surface area (TPSA) is 78.0 Å². The molecule has 2 heterocycles. The summed E-state index contributed by atoms with van der Waals surface area (Å²) in [6.07, 6.45) is 0.814. The number of nitrogens with one attached hydrogen (secondary N) is 3. The number of aromatic nitrogens is 3. The number of aliphatic imine (C=N–C) groups is 1.